The van der Waals surface area contributed by atoms with E-state index in [4.69, 9.17) is 44.3 Å². The van der Waals surface area contributed by atoms with Gasteiger partial charge in [-0.3, -0.25) is 14.9 Å². The van der Waals surface area contributed by atoms with Crippen LogP contribution in [-0.4, -0.2) is 18.4 Å². The quantitative estimate of drug-likeness (QED) is 0.297. The number of carbonyl (C=O) groups is 2. The van der Waals surface area contributed by atoms with Gasteiger partial charge in [0.15, 0.2) is 11.5 Å². The largest absolute Gasteiger partial charge is 0.489 e. The van der Waals surface area contributed by atoms with Crippen molar-refractivity contribution < 1.29 is 19.1 Å². The van der Waals surface area contributed by atoms with E-state index in [9.17, 15) is 9.59 Å². The molecular formula is C20H15BrCl3NO4. The van der Waals surface area contributed by atoms with E-state index >= 15 is 0 Å². The van der Waals surface area contributed by atoms with Crippen molar-refractivity contribution in [2.45, 2.75) is 20.0 Å². The third-order valence-electron chi connectivity index (χ3n) is 4.07. The van der Waals surface area contributed by atoms with Crippen molar-refractivity contribution >= 4 is 68.6 Å². The number of rotatable bonds is 6. The van der Waals surface area contributed by atoms with Gasteiger partial charge >= 0.3 is 0 Å². The van der Waals surface area contributed by atoms with Gasteiger partial charge in [0, 0.05) is 16.2 Å². The number of carbonyl (C=O) groups excluding carboxylic acids is 2. The Morgan fingerprint density at radius 1 is 1.14 bits per heavy atom. The molecule has 1 N–H and O–H groups in total. The first kappa shape index (κ1) is 22.0. The van der Waals surface area contributed by atoms with Crippen molar-refractivity contribution in [2.24, 2.45) is 0 Å². The van der Waals surface area contributed by atoms with Crippen LogP contribution in [0.25, 0.3) is 6.08 Å². The van der Waals surface area contributed by atoms with Crippen molar-refractivity contribution in [2.75, 3.05) is 6.61 Å². The fraction of sp³-hybridized carbons (Fsp3) is 0.200. The molecule has 2 amide bonds. The van der Waals surface area contributed by atoms with Crippen LogP contribution in [0.4, 0.5) is 0 Å². The summed E-state index contributed by atoms with van der Waals surface area (Å²) >= 11 is 22.0. The molecule has 1 aliphatic heterocycles. The summed E-state index contributed by atoms with van der Waals surface area (Å²) in [7, 11) is 0. The van der Waals surface area contributed by atoms with Gasteiger partial charge in [-0.15, -0.1) is 0 Å². The average Bonchev–Trinajstić information content (AvgIpc) is 2.98. The number of imide groups is 1. The number of benzene rings is 2. The Bertz CT molecular complexity index is 1020. The fourth-order valence-corrected chi connectivity index (χ4v) is 3.97. The maximum absolute atomic E-state index is 11.8. The normalized spacial score (nSPS) is 15.0. The zero-order chi connectivity index (χ0) is 21.1. The second-order valence-electron chi connectivity index (χ2n) is 6.10. The number of amides is 2. The zero-order valence-corrected chi connectivity index (χ0v) is 19.0. The molecule has 0 aliphatic carbocycles. The smallest absolute Gasteiger partial charge is 0.254 e. The summed E-state index contributed by atoms with van der Waals surface area (Å²) in [4.78, 5) is 23.3. The molecule has 1 fully saturated rings. The minimum atomic E-state index is -0.403. The van der Waals surface area contributed by atoms with E-state index < -0.39 is 5.91 Å². The topological polar surface area (TPSA) is 64.6 Å². The summed E-state index contributed by atoms with van der Waals surface area (Å²) in [5, 5.41) is 3.37. The van der Waals surface area contributed by atoms with Crippen LogP contribution >= 0.6 is 50.7 Å². The number of ether oxygens (including phenoxy) is 2. The second-order valence-corrected chi connectivity index (χ2v) is 8.14. The molecule has 9 heteroatoms. The predicted octanol–water partition coefficient (Wildman–Crippen LogP) is 5.82. The van der Waals surface area contributed by atoms with Gasteiger partial charge in [0.25, 0.3) is 5.91 Å². The van der Waals surface area contributed by atoms with Crippen LogP contribution < -0.4 is 14.8 Å². The van der Waals surface area contributed by atoms with Gasteiger partial charge in [-0.1, -0.05) is 34.8 Å². The number of halogens is 4. The Balaban J connectivity index is 1.95. The lowest BCUT2D eigenvalue weighted by atomic mass is 10.1. The molecule has 0 saturated carbocycles. The molecule has 5 nitrogen and oxygen atoms in total. The summed E-state index contributed by atoms with van der Waals surface area (Å²) < 4.78 is 12.3. The highest BCUT2D eigenvalue weighted by Crippen LogP contribution is 2.39. The molecular weight excluding hydrogens is 504 g/mol. The number of hydrogen-bond acceptors (Lipinski definition) is 4. The zero-order valence-electron chi connectivity index (χ0n) is 15.2. The maximum atomic E-state index is 11.8. The van der Waals surface area contributed by atoms with Crippen LogP contribution in [0.1, 0.15) is 24.5 Å². The van der Waals surface area contributed by atoms with E-state index in [1.54, 1.807) is 30.3 Å². The molecule has 2 aromatic carbocycles. The van der Waals surface area contributed by atoms with Crippen LogP contribution in [0.2, 0.25) is 15.1 Å². The van der Waals surface area contributed by atoms with Gasteiger partial charge in [0.1, 0.15) is 6.61 Å². The monoisotopic (exact) mass is 517 g/mol. The van der Waals surface area contributed by atoms with Crippen LogP contribution in [0.3, 0.4) is 0 Å². The predicted molar refractivity (Wildman–Crippen MR) is 117 cm³/mol. The summed E-state index contributed by atoms with van der Waals surface area (Å²) in [5.41, 5.74) is 1.58. The SMILES string of the molecule is CCOc1c(Br)cc(/C=C2\CC(=O)NC2=O)cc1OCc1c(Cl)ccc(Cl)c1Cl. The van der Waals surface area contributed by atoms with Gasteiger partial charge in [-0.2, -0.15) is 0 Å². The second kappa shape index (κ2) is 9.39. The van der Waals surface area contributed by atoms with Crippen molar-refractivity contribution in [3.8, 4) is 11.5 Å². The lowest BCUT2D eigenvalue weighted by Crippen LogP contribution is -2.19. The molecule has 0 unspecified atom stereocenters. The van der Waals surface area contributed by atoms with Crippen LogP contribution in [-0.2, 0) is 16.2 Å². The molecule has 0 aromatic heterocycles. The summed E-state index contributed by atoms with van der Waals surface area (Å²) in [6.45, 7) is 2.33. The highest BCUT2D eigenvalue weighted by molar-refractivity contribution is 9.10. The first-order valence-electron chi connectivity index (χ1n) is 8.56. The summed E-state index contributed by atoms with van der Waals surface area (Å²) in [5.74, 6) is 0.189. The number of nitrogens with one attached hydrogen (secondary N) is 1. The highest BCUT2D eigenvalue weighted by Gasteiger charge is 2.24. The molecule has 0 bridgehead atoms. The Hall–Kier alpha value is -1.73. The molecule has 29 heavy (non-hydrogen) atoms. The molecule has 1 saturated heterocycles. The van der Waals surface area contributed by atoms with Crippen molar-refractivity contribution in [3.63, 3.8) is 0 Å². The fourth-order valence-electron chi connectivity index (χ4n) is 2.74. The Kier molecular flexibility index (Phi) is 7.11. The van der Waals surface area contributed by atoms with Crippen LogP contribution in [0.5, 0.6) is 11.5 Å². The van der Waals surface area contributed by atoms with Crippen LogP contribution in [0, 0.1) is 0 Å². The average molecular weight is 520 g/mol. The van der Waals surface area contributed by atoms with Gasteiger partial charge in [0.05, 0.1) is 27.5 Å². The van der Waals surface area contributed by atoms with Gasteiger partial charge < -0.3 is 9.47 Å². The van der Waals surface area contributed by atoms with Gasteiger partial charge in [-0.25, -0.2) is 0 Å². The lowest BCUT2D eigenvalue weighted by molar-refractivity contribution is -0.124. The van der Waals surface area contributed by atoms with E-state index in [0.717, 1.165) is 0 Å². The molecule has 2 aromatic rings. The van der Waals surface area contributed by atoms with Crippen molar-refractivity contribution in [1.82, 2.24) is 5.32 Å². The van der Waals surface area contributed by atoms with E-state index in [2.05, 4.69) is 21.2 Å². The standard InChI is InChI=1S/C20H15BrCl3NO4/c1-2-28-19-13(21)6-10(5-11-8-17(26)25-20(11)27)7-16(19)29-9-12-14(22)3-4-15(23)18(12)24/h3-7H,2,8-9H2,1H3,(H,25,26,27)/b11-5+. The maximum Gasteiger partial charge on any atom is 0.254 e. The molecule has 1 heterocycles. The first-order chi connectivity index (χ1) is 13.8. The van der Waals surface area contributed by atoms with Gasteiger partial charge in [-0.05, 0) is 58.8 Å². The Labute approximate surface area is 191 Å². The summed E-state index contributed by atoms with van der Waals surface area (Å²) in [6, 6.07) is 6.74. The van der Waals surface area contributed by atoms with E-state index in [-0.39, 0.29) is 18.9 Å². The minimum Gasteiger partial charge on any atom is -0.489 e. The molecule has 1 aliphatic rings. The highest BCUT2D eigenvalue weighted by atomic mass is 79.9. The minimum absolute atomic E-state index is 0.0353. The molecule has 0 spiro atoms. The third kappa shape index (κ3) is 5.07. The molecule has 3 rings (SSSR count). The number of hydrogen-bond donors (Lipinski definition) is 1. The Morgan fingerprint density at radius 3 is 2.52 bits per heavy atom. The first-order valence-corrected chi connectivity index (χ1v) is 10.5. The third-order valence-corrected chi connectivity index (χ3v) is 5.85. The van der Waals surface area contributed by atoms with E-state index in [1.165, 1.54) is 0 Å². The lowest BCUT2D eigenvalue weighted by Gasteiger charge is -2.16. The van der Waals surface area contributed by atoms with E-state index in [0.29, 0.717) is 54.3 Å². The van der Waals surface area contributed by atoms with Gasteiger partial charge in [0.2, 0.25) is 5.91 Å². The molecule has 152 valence electrons. The molecule has 0 atom stereocenters. The summed E-state index contributed by atoms with van der Waals surface area (Å²) in [6.07, 6.45) is 1.67. The van der Waals surface area contributed by atoms with Crippen molar-refractivity contribution in [1.29, 1.82) is 0 Å². The molecule has 0 radical (unpaired) electrons. The Morgan fingerprint density at radius 2 is 1.86 bits per heavy atom. The van der Waals surface area contributed by atoms with Crippen LogP contribution in [0.15, 0.2) is 34.3 Å². The van der Waals surface area contributed by atoms with Crippen molar-refractivity contribution in [3.05, 3.63) is 60.5 Å². The van der Waals surface area contributed by atoms with E-state index in [1.807, 2.05) is 6.92 Å².